The van der Waals surface area contributed by atoms with Crippen molar-refractivity contribution >= 4 is 28.9 Å². The van der Waals surface area contributed by atoms with Gasteiger partial charge in [-0.05, 0) is 24.6 Å². The number of carboxylic acids is 1. The van der Waals surface area contributed by atoms with Crippen LogP contribution in [0.25, 0.3) is 10.4 Å². The van der Waals surface area contributed by atoms with Gasteiger partial charge in [0.15, 0.2) is 5.69 Å². The number of rotatable bonds is 2. The largest absolute Gasteiger partial charge is 0.476 e. The fraction of sp³-hybridized carbons (Fsp3) is 0.0833. The first-order valence-electron chi connectivity index (χ1n) is 4.93. The van der Waals surface area contributed by atoms with Crippen molar-refractivity contribution in [3.05, 3.63) is 39.5 Å². The number of hydrogen-bond donors (Lipinski definition) is 1. The highest BCUT2D eigenvalue weighted by Gasteiger charge is 2.18. The molecule has 0 spiro atoms. The normalized spacial score (nSPS) is 10.1. The van der Waals surface area contributed by atoms with Crippen LogP contribution in [-0.4, -0.2) is 16.1 Å². The maximum Gasteiger partial charge on any atom is 0.356 e. The molecule has 0 amide bonds. The molecule has 2 rings (SSSR count). The van der Waals surface area contributed by atoms with Gasteiger partial charge >= 0.3 is 5.97 Å². The van der Waals surface area contributed by atoms with E-state index in [1.807, 2.05) is 6.07 Å². The number of hydrogen-bond acceptors (Lipinski definition) is 4. The van der Waals surface area contributed by atoms with Crippen molar-refractivity contribution in [1.29, 1.82) is 5.26 Å². The summed E-state index contributed by atoms with van der Waals surface area (Å²) in [6.07, 6.45) is 0. The SMILES string of the molecule is Cc1nc(C(=O)O)c(-c2ccc(Cl)c(C#N)c2)s1. The van der Waals surface area contributed by atoms with Crippen molar-refractivity contribution in [2.75, 3.05) is 0 Å². The summed E-state index contributed by atoms with van der Waals surface area (Å²) in [6.45, 7) is 1.74. The quantitative estimate of drug-likeness (QED) is 0.914. The maximum absolute atomic E-state index is 11.1. The third-order valence-corrected chi connectivity index (χ3v) is 3.64. The van der Waals surface area contributed by atoms with E-state index in [-0.39, 0.29) is 5.69 Å². The van der Waals surface area contributed by atoms with Crippen LogP contribution in [0.2, 0.25) is 5.02 Å². The van der Waals surface area contributed by atoms with Crippen LogP contribution in [0, 0.1) is 18.3 Å². The lowest BCUT2D eigenvalue weighted by molar-refractivity contribution is 0.0692. The molecule has 0 saturated carbocycles. The summed E-state index contributed by atoms with van der Waals surface area (Å²) in [6, 6.07) is 6.80. The maximum atomic E-state index is 11.1. The molecule has 0 atom stereocenters. The van der Waals surface area contributed by atoms with Crippen molar-refractivity contribution in [3.8, 4) is 16.5 Å². The van der Waals surface area contributed by atoms with Crippen LogP contribution in [0.5, 0.6) is 0 Å². The van der Waals surface area contributed by atoms with E-state index in [1.165, 1.54) is 11.3 Å². The Balaban J connectivity index is 2.62. The van der Waals surface area contributed by atoms with E-state index >= 15 is 0 Å². The predicted octanol–water partition coefficient (Wildman–Crippen LogP) is 3.34. The summed E-state index contributed by atoms with van der Waals surface area (Å²) in [5.41, 5.74) is 0.958. The zero-order valence-corrected chi connectivity index (χ0v) is 10.8. The van der Waals surface area contributed by atoms with Crippen molar-refractivity contribution < 1.29 is 9.90 Å². The highest BCUT2D eigenvalue weighted by atomic mass is 35.5. The van der Waals surface area contributed by atoms with E-state index < -0.39 is 5.97 Å². The van der Waals surface area contributed by atoms with Gasteiger partial charge in [0.2, 0.25) is 0 Å². The third-order valence-electron chi connectivity index (χ3n) is 2.29. The summed E-state index contributed by atoms with van der Waals surface area (Å²) in [7, 11) is 0. The average Bonchev–Trinajstić information content (AvgIpc) is 2.72. The first kappa shape index (κ1) is 12.6. The van der Waals surface area contributed by atoms with Crippen molar-refractivity contribution in [2.45, 2.75) is 6.92 Å². The van der Waals surface area contributed by atoms with Gasteiger partial charge in [-0.2, -0.15) is 5.26 Å². The molecular formula is C12H7ClN2O2S. The Bertz CT molecular complexity index is 673. The molecule has 4 nitrogen and oxygen atoms in total. The molecule has 1 aromatic carbocycles. The van der Waals surface area contributed by atoms with Crippen molar-refractivity contribution in [3.63, 3.8) is 0 Å². The molecule has 0 radical (unpaired) electrons. The van der Waals surface area contributed by atoms with E-state index in [0.717, 1.165) is 0 Å². The third kappa shape index (κ3) is 2.21. The fourth-order valence-corrected chi connectivity index (χ4v) is 2.59. The number of aromatic nitrogens is 1. The van der Waals surface area contributed by atoms with Gasteiger partial charge in [0.1, 0.15) is 6.07 Å². The van der Waals surface area contributed by atoms with E-state index in [1.54, 1.807) is 25.1 Å². The second kappa shape index (κ2) is 4.77. The van der Waals surface area contributed by atoms with Crippen LogP contribution in [0.3, 0.4) is 0 Å². The van der Waals surface area contributed by atoms with Crippen molar-refractivity contribution in [2.24, 2.45) is 0 Å². The first-order chi connectivity index (χ1) is 8.52. The van der Waals surface area contributed by atoms with Gasteiger partial charge in [-0.3, -0.25) is 0 Å². The number of nitrogens with zero attached hydrogens (tertiary/aromatic N) is 2. The zero-order valence-electron chi connectivity index (χ0n) is 9.27. The van der Waals surface area contributed by atoms with Crippen LogP contribution in [0.4, 0.5) is 0 Å². The lowest BCUT2D eigenvalue weighted by atomic mass is 10.1. The Morgan fingerprint density at radius 3 is 2.89 bits per heavy atom. The topological polar surface area (TPSA) is 74.0 Å². The second-order valence-corrected chi connectivity index (χ2v) is 5.13. The van der Waals surface area contributed by atoms with Crippen LogP contribution in [0.1, 0.15) is 21.1 Å². The minimum Gasteiger partial charge on any atom is -0.476 e. The first-order valence-corrected chi connectivity index (χ1v) is 6.13. The number of halogens is 1. The molecule has 0 bridgehead atoms. The molecule has 0 saturated heterocycles. The fourth-order valence-electron chi connectivity index (χ4n) is 1.52. The molecule has 0 fully saturated rings. The Morgan fingerprint density at radius 1 is 1.56 bits per heavy atom. The molecule has 1 N–H and O–H groups in total. The standard InChI is InChI=1S/C12H7ClN2O2S/c1-6-15-10(12(16)17)11(18-6)7-2-3-9(13)8(4-7)5-14/h2-4H,1H3,(H,16,17). The molecule has 6 heteroatoms. The number of benzene rings is 1. The minimum atomic E-state index is -1.08. The Labute approximate surface area is 112 Å². The molecule has 90 valence electrons. The molecule has 18 heavy (non-hydrogen) atoms. The molecule has 0 aliphatic rings. The lowest BCUT2D eigenvalue weighted by Gasteiger charge is -2.01. The monoisotopic (exact) mass is 278 g/mol. The Hall–Kier alpha value is -1.90. The van der Waals surface area contributed by atoms with Gasteiger partial charge in [-0.25, -0.2) is 9.78 Å². The van der Waals surface area contributed by atoms with E-state index in [2.05, 4.69) is 4.98 Å². The van der Waals surface area contributed by atoms with Gasteiger partial charge in [0.05, 0.1) is 20.5 Å². The zero-order chi connectivity index (χ0) is 13.3. The smallest absolute Gasteiger partial charge is 0.356 e. The molecule has 1 aromatic heterocycles. The van der Waals surface area contributed by atoms with Gasteiger partial charge in [-0.1, -0.05) is 17.7 Å². The number of nitriles is 1. The number of carbonyl (C=O) groups is 1. The summed E-state index contributed by atoms with van der Waals surface area (Å²) >= 11 is 7.12. The minimum absolute atomic E-state index is 0.00344. The highest BCUT2D eigenvalue weighted by molar-refractivity contribution is 7.15. The Kier molecular flexibility index (Phi) is 3.32. The predicted molar refractivity (Wildman–Crippen MR) is 69.0 cm³/mol. The average molecular weight is 279 g/mol. The van der Waals surface area contributed by atoms with Gasteiger partial charge in [-0.15, -0.1) is 11.3 Å². The second-order valence-electron chi connectivity index (χ2n) is 3.52. The summed E-state index contributed by atoms with van der Waals surface area (Å²) < 4.78 is 0. The van der Waals surface area contributed by atoms with Crippen LogP contribution in [0.15, 0.2) is 18.2 Å². The molecular weight excluding hydrogens is 272 g/mol. The molecule has 0 unspecified atom stereocenters. The molecule has 0 aliphatic heterocycles. The summed E-state index contributed by atoms with van der Waals surface area (Å²) in [5.74, 6) is -1.08. The summed E-state index contributed by atoms with van der Waals surface area (Å²) in [5, 5.41) is 19.0. The van der Waals surface area contributed by atoms with Crippen LogP contribution in [-0.2, 0) is 0 Å². The van der Waals surface area contributed by atoms with Crippen molar-refractivity contribution in [1.82, 2.24) is 4.98 Å². The molecule has 1 heterocycles. The molecule has 2 aromatic rings. The van der Waals surface area contributed by atoms with E-state index in [4.69, 9.17) is 22.0 Å². The molecule has 0 aliphatic carbocycles. The summed E-state index contributed by atoms with van der Waals surface area (Å²) in [4.78, 5) is 15.6. The number of thiazole rings is 1. The van der Waals surface area contributed by atoms with E-state index in [9.17, 15) is 4.79 Å². The Morgan fingerprint density at radius 2 is 2.28 bits per heavy atom. The van der Waals surface area contributed by atoms with Gasteiger partial charge in [0.25, 0.3) is 0 Å². The number of aromatic carboxylic acids is 1. The van der Waals surface area contributed by atoms with Gasteiger partial charge in [0, 0.05) is 0 Å². The van der Waals surface area contributed by atoms with E-state index in [0.29, 0.717) is 26.0 Å². The van der Waals surface area contributed by atoms with Crippen LogP contribution < -0.4 is 0 Å². The lowest BCUT2D eigenvalue weighted by Crippen LogP contribution is -1.98. The number of aryl methyl sites for hydroxylation is 1. The number of carboxylic acid groups (broad SMARTS) is 1. The van der Waals surface area contributed by atoms with Gasteiger partial charge < -0.3 is 5.11 Å². The highest BCUT2D eigenvalue weighted by Crippen LogP contribution is 2.32. The van der Waals surface area contributed by atoms with Crippen LogP contribution >= 0.6 is 22.9 Å².